The zero-order chi connectivity index (χ0) is 13.8. The van der Waals surface area contributed by atoms with Gasteiger partial charge in [0.05, 0.1) is 6.20 Å². The number of pyridine rings is 1. The summed E-state index contributed by atoms with van der Waals surface area (Å²) >= 11 is 0. The number of hydrogen-bond acceptors (Lipinski definition) is 3. The van der Waals surface area contributed by atoms with E-state index in [2.05, 4.69) is 23.3 Å². The van der Waals surface area contributed by atoms with Crippen LogP contribution in [-0.2, 0) is 6.54 Å². The Balaban J connectivity index is 1.65. The van der Waals surface area contributed by atoms with Gasteiger partial charge in [-0.1, -0.05) is 13.3 Å². The van der Waals surface area contributed by atoms with Gasteiger partial charge in [0.15, 0.2) is 0 Å². The first-order valence-electron chi connectivity index (χ1n) is 8.19. The highest BCUT2D eigenvalue weighted by atomic mass is 16.5. The van der Waals surface area contributed by atoms with Crippen molar-refractivity contribution in [1.82, 2.24) is 10.3 Å². The van der Waals surface area contributed by atoms with Crippen molar-refractivity contribution in [1.29, 1.82) is 0 Å². The molecule has 3 nitrogen and oxygen atoms in total. The lowest BCUT2D eigenvalue weighted by molar-refractivity contribution is 0.0889. The summed E-state index contributed by atoms with van der Waals surface area (Å²) in [5.41, 5.74) is 1.26. The van der Waals surface area contributed by atoms with Gasteiger partial charge >= 0.3 is 0 Å². The van der Waals surface area contributed by atoms with Crippen molar-refractivity contribution in [2.45, 2.75) is 70.6 Å². The van der Waals surface area contributed by atoms with Crippen molar-refractivity contribution in [2.24, 2.45) is 5.92 Å². The second kappa shape index (κ2) is 6.57. The third kappa shape index (κ3) is 3.51. The zero-order valence-corrected chi connectivity index (χ0v) is 12.5. The van der Waals surface area contributed by atoms with Crippen molar-refractivity contribution in [3.63, 3.8) is 0 Å². The van der Waals surface area contributed by atoms with E-state index < -0.39 is 0 Å². The van der Waals surface area contributed by atoms with E-state index in [1.165, 1.54) is 50.5 Å². The molecule has 0 spiro atoms. The van der Waals surface area contributed by atoms with Crippen LogP contribution >= 0.6 is 0 Å². The molecule has 0 aromatic carbocycles. The minimum absolute atomic E-state index is 0.387. The Labute approximate surface area is 122 Å². The number of rotatable bonds is 6. The molecule has 0 saturated heterocycles. The number of ether oxygens (including phenoxy) is 1. The SMILES string of the molecule is CCC1CCCCC1Oc1cnccc1CNC1CC1. The van der Waals surface area contributed by atoms with Gasteiger partial charge in [-0.05, 0) is 50.5 Å². The molecule has 2 unspecified atom stereocenters. The Hall–Kier alpha value is -1.09. The van der Waals surface area contributed by atoms with E-state index >= 15 is 0 Å². The lowest BCUT2D eigenvalue weighted by Gasteiger charge is -2.31. The Morgan fingerprint density at radius 3 is 2.90 bits per heavy atom. The molecular formula is C17H26N2O. The third-order valence-corrected chi connectivity index (χ3v) is 4.67. The maximum atomic E-state index is 6.34. The van der Waals surface area contributed by atoms with Crippen molar-refractivity contribution in [3.05, 3.63) is 24.0 Å². The Kier molecular flexibility index (Phi) is 4.56. The number of nitrogens with one attached hydrogen (secondary N) is 1. The van der Waals surface area contributed by atoms with Gasteiger partial charge in [-0.25, -0.2) is 0 Å². The van der Waals surface area contributed by atoms with Crippen LogP contribution in [0.1, 0.15) is 57.4 Å². The molecule has 110 valence electrons. The Bertz CT molecular complexity index is 431. The molecule has 0 bridgehead atoms. The van der Waals surface area contributed by atoms with Crippen molar-refractivity contribution in [3.8, 4) is 5.75 Å². The fraction of sp³-hybridized carbons (Fsp3) is 0.706. The van der Waals surface area contributed by atoms with Gasteiger partial charge in [0.25, 0.3) is 0 Å². The number of hydrogen-bond donors (Lipinski definition) is 1. The van der Waals surface area contributed by atoms with Crippen LogP contribution in [0.3, 0.4) is 0 Å². The average molecular weight is 274 g/mol. The summed E-state index contributed by atoms with van der Waals surface area (Å²) in [4.78, 5) is 4.25. The monoisotopic (exact) mass is 274 g/mol. The first-order chi connectivity index (χ1) is 9.86. The standard InChI is InChI=1S/C17H26N2O/c1-2-13-5-3-4-6-16(13)20-17-12-18-10-9-14(17)11-19-15-7-8-15/h9-10,12-13,15-16,19H,2-8,11H2,1H3. The maximum absolute atomic E-state index is 6.34. The smallest absolute Gasteiger partial charge is 0.142 e. The van der Waals surface area contributed by atoms with Gasteiger partial charge in [-0.15, -0.1) is 0 Å². The van der Waals surface area contributed by atoms with Crippen molar-refractivity contribution < 1.29 is 4.74 Å². The minimum atomic E-state index is 0.387. The number of aromatic nitrogens is 1. The van der Waals surface area contributed by atoms with Crippen LogP contribution in [0.15, 0.2) is 18.5 Å². The molecular weight excluding hydrogens is 248 g/mol. The normalized spacial score (nSPS) is 26.4. The van der Waals surface area contributed by atoms with Gasteiger partial charge in [0, 0.05) is 24.3 Å². The molecule has 0 amide bonds. The molecule has 1 heterocycles. The summed E-state index contributed by atoms with van der Waals surface area (Å²) < 4.78 is 6.34. The van der Waals surface area contributed by atoms with Gasteiger partial charge < -0.3 is 10.1 Å². The van der Waals surface area contributed by atoms with Crippen LogP contribution in [0.25, 0.3) is 0 Å². The fourth-order valence-electron chi connectivity index (χ4n) is 3.16. The van der Waals surface area contributed by atoms with Crippen LogP contribution in [0, 0.1) is 5.92 Å². The van der Waals surface area contributed by atoms with E-state index in [0.717, 1.165) is 18.3 Å². The molecule has 0 radical (unpaired) electrons. The third-order valence-electron chi connectivity index (χ3n) is 4.67. The molecule has 3 heteroatoms. The van der Waals surface area contributed by atoms with Crippen molar-refractivity contribution >= 4 is 0 Å². The lowest BCUT2D eigenvalue weighted by atomic mass is 9.85. The van der Waals surface area contributed by atoms with Crippen LogP contribution in [0.2, 0.25) is 0 Å². The van der Waals surface area contributed by atoms with Gasteiger partial charge in [-0.3, -0.25) is 4.98 Å². The molecule has 2 aliphatic carbocycles. The highest BCUT2D eigenvalue weighted by Crippen LogP contribution is 2.31. The van der Waals surface area contributed by atoms with Crippen LogP contribution in [-0.4, -0.2) is 17.1 Å². The Morgan fingerprint density at radius 1 is 1.25 bits per heavy atom. The van der Waals surface area contributed by atoms with Crippen molar-refractivity contribution in [2.75, 3.05) is 0 Å². The van der Waals surface area contributed by atoms with Gasteiger partial charge in [0.1, 0.15) is 11.9 Å². The molecule has 20 heavy (non-hydrogen) atoms. The summed E-state index contributed by atoms with van der Waals surface area (Å²) in [7, 11) is 0. The van der Waals surface area contributed by atoms with E-state index in [1.54, 1.807) is 0 Å². The first kappa shape index (κ1) is 13.9. The second-order valence-electron chi connectivity index (χ2n) is 6.25. The first-order valence-corrected chi connectivity index (χ1v) is 8.19. The molecule has 2 aliphatic rings. The van der Waals surface area contributed by atoms with Crippen LogP contribution < -0.4 is 10.1 Å². The van der Waals surface area contributed by atoms with E-state index in [0.29, 0.717) is 12.0 Å². The number of nitrogens with zero attached hydrogens (tertiary/aromatic N) is 1. The fourth-order valence-corrected chi connectivity index (χ4v) is 3.16. The summed E-state index contributed by atoms with van der Waals surface area (Å²) in [6, 6.07) is 2.82. The predicted octanol–water partition coefficient (Wildman–Crippen LogP) is 3.68. The topological polar surface area (TPSA) is 34.1 Å². The second-order valence-corrected chi connectivity index (χ2v) is 6.25. The van der Waals surface area contributed by atoms with E-state index in [4.69, 9.17) is 4.74 Å². The van der Waals surface area contributed by atoms with E-state index in [1.807, 2.05) is 12.4 Å². The highest BCUT2D eigenvalue weighted by Gasteiger charge is 2.26. The van der Waals surface area contributed by atoms with E-state index in [9.17, 15) is 0 Å². The molecule has 2 saturated carbocycles. The molecule has 0 aliphatic heterocycles. The molecule has 1 aromatic rings. The van der Waals surface area contributed by atoms with E-state index in [-0.39, 0.29) is 0 Å². The summed E-state index contributed by atoms with van der Waals surface area (Å²) in [6.07, 6.45) is 13.2. The van der Waals surface area contributed by atoms with Crippen LogP contribution in [0.5, 0.6) is 5.75 Å². The molecule has 3 rings (SSSR count). The molecule has 2 atom stereocenters. The minimum Gasteiger partial charge on any atom is -0.488 e. The largest absolute Gasteiger partial charge is 0.488 e. The molecule has 1 aromatic heterocycles. The lowest BCUT2D eigenvalue weighted by Crippen LogP contribution is -2.30. The van der Waals surface area contributed by atoms with Gasteiger partial charge in [-0.2, -0.15) is 0 Å². The molecule has 1 N–H and O–H groups in total. The van der Waals surface area contributed by atoms with Crippen LogP contribution in [0.4, 0.5) is 0 Å². The quantitative estimate of drug-likeness (QED) is 0.859. The van der Waals surface area contributed by atoms with Gasteiger partial charge in [0.2, 0.25) is 0 Å². The average Bonchev–Trinajstić information content (AvgIpc) is 3.31. The zero-order valence-electron chi connectivity index (χ0n) is 12.5. The highest BCUT2D eigenvalue weighted by molar-refractivity contribution is 5.30. The predicted molar refractivity (Wildman–Crippen MR) is 80.8 cm³/mol. The Morgan fingerprint density at radius 2 is 2.10 bits per heavy atom. The molecule has 2 fully saturated rings. The summed E-state index contributed by atoms with van der Waals surface area (Å²) in [6.45, 7) is 3.19. The maximum Gasteiger partial charge on any atom is 0.142 e. The summed E-state index contributed by atoms with van der Waals surface area (Å²) in [5.74, 6) is 1.71. The summed E-state index contributed by atoms with van der Waals surface area (Å²) in [5, 5.41) is 3.57.